The number of fused-ring (bicyclic) bond motifs is 3. The van der Waals surface area contributed by atoms with Crippen molar-refractivity contribution in [3.05, 3.63) is 96.1 Å². The van der Waals surface area contributed by atoms with E-state index < -0.39 is 21.7 Å². The molecule has 0 radical (unpaired) electrons. The van der Waals surface area contributed by atoms with E-state index in [2.05, 4.69) is 20.8 Å². The molecule has 0 fully saturated rings. The van der Waals surface area contributed by atoms with Crippen LogP contribution in [0.4, 0.5) is 0 Å². The van der Waals surface area contributed by atoms with E-state index in [0.717, 1.165) is 44.2 Å². The molecule has 1 heterocycles. The summed E-state index contributed by atoms with van der Waals surface area (Å²) in [4.78, 5) is 11.6. The van der Waals surface area contributed by atoms with Crippen molar-refractivity contribution in [2.24, 2.45) is 5.92 Å². The smallest absolute Gasteiger partial charge is 0.307 e. The fourth-order valence-corrected chi connectivity index (χ4v) is 7.25. The normalized spacial score (nSPS) is 13.1. The standard InChI is InChI=1S/C33H32O5S2/c1-21(32(34)35)19-39-20-22-9-7-10-23(17-22)40(36,37)24-15-16-25(29(18-24)33(2,3)4)27-12-8-13-28-26-11-5-6-14-30(26)38-31(27)28/h5-18,21H,19-20H2,1-4H3,(H,34,35). The third-order valence-electron chi connectivity index (χ3n) is 7.07. The van der Waals surface area contributed by atoms with Gasteiger partial charge in [-0.3, -0.25) is 4.79 Å². The largest absolute Gasteiger partial charge is 0.481 e. The van der Waals surface area contributed by atoms with Crippen LogP contribution in [0, 0.1) is 5.92 Å². The van der Waals surface area contributed by atoms with Crippen LogP contribution in [-0.2, 0) is 25.8 Å². The Morgan fingerprint density at radius 1 is 0.875 bits per heavy atom. The Kier molecular flexibility index (Phi) is 7.55. The van der Waals surface area contributed by atoms with Gasteiger partial charge in [-0.1, -0.05) is 82.3 Å². The molecule has 1 aromatic heterocycles. The van der Waals surface area contributed by atoms with Crippen molar-refractivity contribution in [1.82, 2.24) is 0 Å². The van der Waals surface area contributed by atoms with Crippen LogP contribution in [-0.4, -0.2) is 25.2 Å². The first-order chi connectivity index (χ1) is 19.0. The lowest BCUT2D eigenvalue weighted by atomic mass is 9.81. The van der Waals surface area contributed by atoms with E-state index in [1.54, 1.807) is 37.3 Å². The molecule has 5 nitrogen and oxygen atoms in total. The predicted octanol–water partition coefficient (Wildman–Crippen LogP) is 8.34. The Morgan fingerprint density at radius 3 is 2.33 bits per heavy atom. The number of thioether (sulfide) groups is 1. The van der Waals surface area contributed by atoms with Gasteiger partial charge in [0, 0.05) is 27.8 Å². The van der Waals surface area contributed by atoms with Gasteiger partial charge < -0.3 is 9.52 Å². The summed E-state index contributed by atoms with van der Waals surface area (Å²) in [7, 11) is -3.79. The molecule has 7 heteroatoms. The van der Waals surface area contributed by atoms with Crippen molar-refractivity contribution in [3.8, 4) is 11.1 Å². The number of para-hydroxylation sites is 2. The van der Waals surface area contributed by atoms with Gasteiger partial charge in [0.25, 0.3) is 0 Å². The molecule has 0 amide bonds. The summed E-state index contributed by atoms with van der Waals surface area (Å²) in [5.41, 5.74) is 4.88. The molecule has 0 aliphatic rings. The van der Waals surface area contributed by atoms with Crippen LogP contribution in [0.5, 0.6) is 0 Å². The predicted molar refractivity (Wildman–Crippen MR) is 163 cm³/mol. The van der Waals surface area contributed by atoms with Gasteiger partial charge >= 0.3 is 5.97 Å². The van der Waals surface area contributed by atoms with E-state index in [-0.39, 0.29) is 15.2 Å². The molecule has 5 aromatic rings. The van der Waals surface area contributed by atoms with Crippen molar-refractivity contribution in [2.45, 2.75) is 48.7 Å². The van der Waals surface area contributed by atoms with Crippen molar-refractivity contribution in [1.29, 1.82) is 0 Å². The maximum absolute atomic E-state index is 13.8. The highest BCUT2D eigenvalue weighted by Gasteiger charge is 2.26. The number of aliphatic carboxylic acids is 1. The minimum atomic E-state index is -3.79. The Morgan fingerprint density at radius 2 is 1.57 bits per heavy atom. The Bertz CT molecular complexity index is 1830. The summed E-state index contributed by atoms with van der Waals surface area (Å²) < 4.78 is 33.9. The van der Waals surface area contributed by atoms with Crippen molar-refractivity contribution < 1.29 is 22.7 Å². The lowest BCUT2D eigenvalue weighted by Crippen LogP contribution is -2.14. The lowest BCUT2D eigenvalue weighted by molar-refractivity contribution is -0.140. The van der Waals surface area contributed by atoms with E-state index in [4.69, 9.17) is 9.52 Å². The SMILES string of the molecule is CC(CSCc1cccc(S(=O)(=O)c2ccc(-c3cccc4c3oc3ccccc34)c(C(C)(C)C)c2)c1)C(=O)O. The molecule has 206 valence electrons. The molecule has 0 aliphatic carbocycles. The number of carboxylic acids is 1. The second-order valence-electron chi connectivity index (χ2n) is 11.1. The highest BCUT2D eigenvalue weighted by atomic mass is 32.2. The molecular weight excluding hydrogens is 540 g/mol. The van der Waals surface area contributed by atoms with E-state index in [1.807, 2.05) is 54.6 Å². The molecule has 1 atom stereocenters. The number of benzene rings is 4. The molecule has 0 saturated carbocycles. The zero-order valence-electron chi connectivity index (χ0n) is 23.0. The molecular formula is C33H32O5S2. The first-order valence-electron chi connectivity index (χ1n) is 13.2. The van der Waals surface area contributed by atoms with Crippen LogP contribution < -0.4 is 0 Å². The van der Waals surface area contributed by atoms with Crippen molar-refractivity contribution >= 4 is 49.5 Å². The lowest BCUT2D eigenvalue weighted by Gasteiger charge is -2.24. The number of hydrogen-bond donors (Lipinski definition) is 1. The maximum Gasteiger partial charge on any atom is 0.307 e. The van der Waals surface area contributed by atoms with Gasteiger partial charge in [0.05, 0.1) is 15.7 Å². The maximum atomic E-state index is 13.8. The Labute approximate surface area is 239 Å². The van der Waals surface area contributed by atoms with Gasteiger partial charge in [0.15, 0.2) is 0 Å². The van der Waals surface area contributed by atoms with Crippen LogP contribution in [0.3, 0.4) is 0 Å². The second-order valence-corrected chi connectivity index (χ2v) is 14.1. The highest BCUT2D eigenvalue weighted by molar-refractivity contribution is 7.98. The van der Waals surface area contributed by atoms with Gasteiger partial charge in [-0.05, 0) is 52.4 Å². The van der Waals surface area contributed by atoms with Crippen LogP contribution >= 0.6 is 11.8 Å². The van der Waals surface area contributed by atoms with Gasteiger partial charge in [0.1, 0.15) is 11.2 Å². The summed E-state index contributed by atoms with van der Waals surface area (Å²) in [6.45, 7) is 7.91. The highest BCUT2D eigenvalue weighted by Crippen LogP contribution is 2.41. The summed E-state index contributed by atoms with van der Waals surface area (Å²) in [6.07, 6.45) is 0. The molecule has 40 heavy (non-hydrogen) atoms. The quantitative estimate of drug-likeness (QED) is 0.201. The third kappa shape index (κ3) is 5.40. The fourth-order valence-electron chi connectivity index (χ4n) is 4.87. The zero-order chi connectivity index (χ0) is 28.7. The van der Waals surface area contributed by atoms with Crippen LogP contribution in [0.25, 0.3) is 33.1 Å². The molecule has 0 bridgehead atoms. The van der Waals surface area contributed by atoms with Crippen LogP contribution in [0.15, 0.2) is 99.1 Å². The number of hydrogen-bond acceptors (Lipinski definition) is 5. The number of rotatable bonds is 8. The first kappa shape index (κ1) is 28.0. The topological polar surface area (TPSA) is 84.6 Å². The molecule has 4 aromatic carbocycles. The summed E-state index contributed by atoms with van der Waals surface area (Å²) >= 11 is 1.48. The van der Waals surface area contributed by atoms with Crippen molar-refractivity contribution in [3.63, 3.8) is 0 Å². The minimum absolute atomic E-state index is 0.226. The molecule has 0 saturated heterocycles. The average Bonchev–Trinajstić information content (AvgIpc) is 3.31. The van der Waals surface area contributed by atoms with Gasteiger partial charge in [-0.25, -0.2) is 8.42 Å². The molecule has 0 aliphatic heterocycles. The van der Waals surface area contributed by atoms with E-state index in [9.17, 15) is 13.2 Å². The number of carboxylic acid groups (broad SMARTS) is 1. The third-order valence-corrected chi connectivity index (χ3v) is 10.1. The van der Waals surface area contributed by atoms with Gasteiger partial charge in [-0.15, -0.1) is 0 Å². The minimum Gasteiger partial charge on any atom is -0.481 e. The van der Waals surface area contributed by atoms with Gasteiger partial charge in [-0.2, -0.15) is 11.8 Å². The zero-order valence-corrected chi connectivity index (χ0v) is 24.6. The second kappa shape index (κ2) is 10.8. The summed E-state index contributed by atoms with van der Waals surface area (Å²) in [5.74, 6) is -0.301. The first-order valence-corrected chi connectivity index (χ1v) is 15.8. The fraction of sp³-hybridized carbons (Fsp3) is 0.242. The van der Waals surface area contributed by atoms with Crippen LogP contribution in [0.1, 0.15) is 38.8 Å². The van der Waals surface area contributed by atoms with Gasteiger partial charge in [0.2, 0.25) is 9.84 Å². The molecule has 1 N–H and O–H groups in total. The number of furan rings is 1. The van der Waals surface area contributed by atoms with E-state index >= 15 is 0 Å². The molecule has 1 unspecified atom stereocenters. The summed E-state index contributed by atoms with van der Waals surface area (Å²) in [6, 6.07) is 26.3. The molecule has 5 rings (SSSR count). The summed E-state index contributed by atoms with van der Waals surface area (Å²) in [5, 5.41) is 11.2. The average molecular weight is 573 g/mol. The number of sulfone groups is 1. The van der Waals surface area contributed by atoms with E-state index in [1.165, 1.54) is 11.8 Å². The monoisotopic (exact) mass is 572 g/mol. The van der Waals surface area contributed by atoms with Crippen LogP contribution in [0.2, 0.25) is 0 Å². The Hall–Kier alpha value is -3.55. The van der Waals surface area contributed by atoms with E-state index in [0.29, 0.717) is 11.5 Å². The molecule has 0 spiro atoms. The van der Waals surface area contributed by atoms with Crippen molar-refractivity contribution in [2.75, 3.05) is 5.75 Å². The number of carbonyl (C=O) groups is 1. The Balaban J connectivity index is 1.54.